The molecule has 1 N–H and O–H groups in total. The summed E-state index contributed by atoms with van der Waals surface area (Å²) in [7, 11) is -3.87. The van der Waals surface area contributed by atoms with Crippen molar-refractivity contribution in [1.29, 1.82) is 0 Å². The molecule has 2 aromatic carbocycles. The van der Waals surface area contributed by atoms with Crippen LogP contribution in [0.25, 0.3) is 0 Å². The number of hydrogen-bond donors (Lipinski definition) is 1. The molecule has 0 aliphatic rings. The van der Waals surface area contributed by atoms with Crippen LogP contribution < -0.4 is 9.62 Å². The fourth-order valence-electron chi connectivity index (χ4n) is 2.38. The predicted octanol–water partition coefficient (Wildman–Crippen LogP) is 2.95. The van der Waals surface area contributed by atoms with Gasteiger partial charge in [0.25, 0.3) is 0 Å². The number of rotatable bonds is 6. The Kier molecular flexibility index (Phi) is 6.02. The molecule has 1 amide bonds. The van der Waals surface area contributed by atoms with E-state index in [1.807, 2.05) is 0 Å². The number of amides is 1. The second-order valence-corrected chi connectivity index (χ2v) is 7.76. The van der Waals surface area contributed by atoms with Gasteiger partial charge in [0.05, 0.1) is 11.9 Å². The minimum absolute atomic E-state index is 0.137. The van der Waals surface area contributed by atoms with Crippen LogP contribution in [-0.2, 0) is 21.4 Å². The number of nitrogens with one attached hydrogen (secondary N) is 1. The molecule has 5 nitrogen and oxygen atoms in total. The molecule has 0 bridgehead atoms. The molecule has 0 aliphatic carbocycles. The molecule has 134 valence electrons. The van der Waals surface area contributed by atoms with Crippen LogP contribution in [-0.4, -0.2) is 26.6 Å². The van der Waals surface area contributed by atoms with Gasteiger partial charge in [-0.15, -0.1) is 0 Å². The number of anilines is 1. The summed E-state index contributed by atoms with van der Waals surface area (Å²) in [6, 6.07) is 11.3. The van der Waals surface area contributed by atoms with Crippen LogP contribution in [0.15, 0.2) is 48.5 Å². The number of sulfonamides is 1. The highest BCUT2D eigenvalue weighted by Gasteiger charge is 2.30. The monoisotopic (exact) mass is 384 g/mol. The van der Waals surface area contributed by atoms with Crippen molar-refractivity contribution in [1.82, 2.24) is 5.32 Å². The lowest BCUT2D eigenvalue weighted by molar-refractivity contribution is -0.122. The van der Waals surface area contributed by atoms with E-state index < -0.39 is 27.8 Å². The van der Waals surface area contributed by atoms with Crippen LogP contribution >= 0.6 is 11.6 Å². The van der Waals surface area contributed by atoms with Gasteiger partial charge in [0.2, 0.25) is 15.9 Å². The lowest BCUT2D eigenvalue weighted by Crippen LogP contribution is -2.48. The highest BCUT2D eigenvalue weighted by molar-refractivity contribution is 7.92. The van der Waals surface area contributed by atoms with E-state index in [-0.39, 0.29) is 12.2 Å². The molecular formula is C17H18ClFN2O3S. The number of hydrogen-bond acceptors (Lipinski definition) is 3. The summed E-state index contributed by atoms with van der Waals surface area (Å²) >= 11 is 6.03. The molecule has 0 radical (unpaired) electrons. The van der Waals surface area contributed by atoms with Crippen LogP contribution in [0.2, 0.25) is 5.02 Å². The maximum absolute atomic E-state index is 14.0. The van der Waals surface area contributed by atoms with Crippen LogP contribution in [0.4, 0.5) is 10.1 Å². The highest BCUT2D eigenvalue weighted by atomic mass is 35.5. The summed E-state index contributed by atoms with van der Waals surface area (Å²) in [6.07, 6.45) is 0.928. The number of halogens is 2. The highest BCUT2D eigenvalue weighted by Crippen LogP contribution is 2.24. The predicted molar refractivity (Wildman–Crippen MR) is 96.5 cm³/mol. The van der Waals surface area contributed by atoms with E-state index in [4.69, 9.17) is 11.6 Å². The third kappa shape index (κ3) is 4.70. The minimum Gasteiger partial charge on any atom is -0.350 e. The van der Waals surface area contributed by atoms with Gasteiger partial charge in [-0.05, 0) is 30.7 Å². The van der Waals surface area contributed by atoms with E-state index in [0.29, 0.717) is 10.6 Å². The van der Waals surface area contributed by atoms with Crippen molar-refractivity contribution in [2.75, 3.05) is 10.6 Å². The Morgan fingerprint density at radius 3 is 2.40 bits per heavy atom. The van der Waals surface area contributed by atoms with Gasteiger partial charge < -0.3 is 5.32 Å². The van der Waals surface area contributed by atoms with Crippen LogP contribution in [0.5, 0.6) is 0 Å². The van der Waals surface area contributed by atoms with Gasteiger partial charge in [-0.2, -0.15) is 0 Å². The van der Waals surface area contributed by atoms with Gasteiger partial charge in [-0.25, -0.2) is 12.8 Å². The molecule has 1 atom stereocenters. The molecule has 0 heterocycles. The Hall–Kier alpha value is -2.12. The average Bonchev–Trinajstić information content (AvgIpc) is 2.54. The first-order chi connectivity index (χ1) is 11.7. The van der Waals surface area contributed by atoms with E-state index in [1.165, 1.54) is 25.1 Å². The van der Waals surface area contributed by atoms with Gasteiger partial charge in [-0.3, -0.25) is 9.10 Å². The summed E-state index contributed by atoms with van der Waals surface area (Å²) in [5.74, 6) is -1.28. The fourth-order valence-corrected chi connectivity index (χ4v) is 3.76. The van der Waals surface area contributed by atoms with Crippen LogP contribution in [0.3, 0.4) is 0 Å². The standard InChI is InChI=1S/C17H18ClFN2O3S/c1-12(17(22)20-11-13-7-3-4-8-14(13)18)21(25(2,23)24)16-10-6-5-9-15(16)19/h3-10,12H,11H2,1-2H3,(H,20,22)/t12-/m1/s1. The molecule has 0 saturated carbocycles. The van der Waals surface area contributed by atoms with E-state index in [2.05, 4.69) is 5.32 Å². The second-order valence-electron chi connectivity index (χ2n) is 5.50. The number of nitrogens with zero attached hydrogens (tertiary/aromatic N) is 1. The lowest BCUT2D eigenvalue weighted by atomic mass is 10.2. The maximum atomic E-state index is 14.0. The first kappa shape index (κ1) is 19.2. The first-order valence-electron chi connectivity index (χ1n) is 7.47. The molecule has 2 rings (SSSR count). The Labute approximate surface area is 151 Å². The van der Waals surface area contributed by atoms with Crippen LogP contribution in [0, 0.1) is 5.82 Å². The molecule has 25 heavy (non-hydrogen) atoms. The van der Waals surface area contributed by atoms with Crippen molar-refractivity contribution < 1.29 is 17.6 Å². The van der Waals surface area contributed by atoms with Crippen LogP contribution in [0.1, 0.15) is 12.5 Å². The Morgan fingerprint density at radius 2 is 1.80 bits per heavy atom. The van der Waals surface area contributed by atoms with Gasteiger partial charge in [0, 0.05) is 11.6 Å². The summed E-state index contributed by atoms with van der Waals surface area (Å²) in [4.78, 5) is 12.4. The fraction of sp³-hybridized carbons (Fsp3) is 0.235. The Balaban J connectivity index is 2.22. The van der Waals surface area contributed by atoms with E-state index in [1.54, 1.807) is 24.3 Å². The maximum Gasteiger partial charge on any atom is 0.243 e. The van der Waals surface area contributed by atoms with Crippen molar-refractivity contribution in [3.63, 3.8) is 0 Å². The van der Waals surface area contributed by atoms with Crippen molar-refractivity contribution in [3.05, 3.63) is 64.9 Å². The SMILES string of the molecule is C[C@H](C(=O)NCc1ccccc1Cl)N(c1ccccc1F)S(C)(=O)=O. The molecule has 2 aromatic rings. The van der Waals surface area contributed by atoms with Crippen molar-refractivity contribution >= 4 is 33.2 Å². The van der Waals surface area contributed by atoms with Gasteiger partial charge in [0.15, 0.2) is 0 Å². The third-order valence-corrected chi connectivity index (χ3v) is 5.19. The number of carbonyl (C=O) groups excluding carboxylic acids is 1. The minimum atomic E-state index is -3.87. The summed E-state index contributed by atoms with van der Waals surface area (Å²) in [5.41, 5.74) is 0.520. The molecule has 8 heteroatoms. The summed E-state index contributed by atoms with van der Waals surface area (Å²) in [6.45, 7) is 1.53. The smallest absolute Gasteiger partial charge is 0.243 e. The van der Waals surface area contributed by atoms with Gasteiger partial charge in [-0.1, -0.05) is 41.9 Å². The molecular weight excluding hydrogens is 367 g/mol. The number of benzene rings is 2. The summed E-state index contributed by atoms with van der Waals surface area (Å²) in [5, 5.41) is 3.12. The molecule has 0 unspecified atom stereocenters. The van der Waals surface area contributed by atoms with E-state index in [9.17, 15) is 17.6 Å². The van der Waals surface area contributed by atoms with Gasteiger partial charge in [0.1, 0.15) is 11.9 Å². The lowest BCUT2D eigenvalue weighted by Gasteiger charge is -2.28. The molecule has 0 aliphatic heterocycles. The average molecular weight is 385 g/mol. The van der Waals surface area contributed by atoms with Gasteiger partial charge >= 0.3 is 0 Å². The number of carbonyl (C=O) groups is 1. The zero-order valence-corrected chi connectivity index (χ0v) is 15.3. The normalized spacial score (nSPS) is 12.5. The second kappa shape index (κ2) is 7.84. The van der Waals surface area contributed by atoms with Crippen molar-refractivity contribution in [2.45, 2.75) is 19.5 Å². The Morgan fingerprint density at radius 1 is 1.20 bits per heavy atom. The zero-order valence-electron chi connectivity index (χ0n) is 13.7. The number of para-hydroxylation sites is 1. The topological polar surface area (TPSA) is 66.5 Å². The quantitative estimate of drug-likeness (QED) is 0.832. The van der Waals surface area contributed by atoms with E-state index >= 15 is 0 Å². The summed E-state index contributed by atoms with van der Waals surface area (Å²) < 4.78 is 39.0. The molecule has 0 aromatic heterocycles. The van der Waals surface area contributed by atoms with Crippen molar-refractivity contribution in [2.24, 2.45) is 0 Å². The third-order valence-electron chi connectivity index (χ3n) is 3.59. The Bertz CT molecular complexity index is 874. The molecule has 0 spiro atoms. The van der Waals surface area contributed by atoms with Crippen molar-refractivity contribution in [3.8, 4) is 0 Å². The van der Waals surface area contributed by atoms with E-state index in [0.717, 1.165) is 16.6 Å². The first-order valence-corrected chi connectivity index (χ1v) is 9.69. The largest absolute Gasteiger partial charge is 0.350 e. The molecule has 0 saturated heterocycles. The molecule has 0 fully saturated rings. The zero-order chi connectivity index (χ0) is 18.6.